The molecule has 1 aromatic heterocycles. The van der Waals surface area contributed by atoms with Crippen molar-refractivity contribution in [3.8, 4) is 0 Å². The molecule has 1 rings (SSSR count). The minimum absolute atomic E-state index is 0.0147. The first kappa shape index (κ1) is 11.9. The van der Waals surface area contributed by atoms with Gasteiger partial charge in [0, 0.05) is 6.04 Å². The summed E-state index contributed by atoms with van der Waals surface area (Å²) >= 11 is 0. The second-order valence-electron chi connectivity index (χ2n) is 2.99. The summed E-state index contributed by atoms with van der Waals surface area (Å²) in [6, 6.07) is -0.290. The normalized spacial score (nSPS) is 14.2. The third-order valence-corrected chi connectivity index (χ3v) is 1.61. The molecule has 2 N–H and O–H groups in total. The number of ether oxygens (including phenoxy) is 1. The first-order valence-electron chi connectivity index (χ1n) is 4.25. The quantitative estimate of drug-likeness (QED) is 0.822. The number of hydrogen-bond acceptors (Lipinski definition) is 4. The van der Waals surface area contributed by atoms with Crippen LogP contribution < -0.4 is 5.73 Å². The van der Waals surface area contributed by atoms with E-state index in [0.717, 1.165) is 0 Å². The van der Waals surface area contributed by atoms with E-state index < -0.39 is 13.0 Å². The van der Waals surface area contributed by atoms with E-state index in [9.17, 15) is 13.2 Å². The van der Waals surface area contributed by atoms with E-state index in [0.29, 0.717) is 5.69 Å². The van der Waals surface area contributed by atoms with Gasteiger partial charge >= 0.3 is 6.36 Å². The molecule has 1 atom stereocenters. The van der Waals surface area contributed by atoms with Gasteiger partial charge in [-0.3, -0.25) is 4.74 Å². The van der Waals surface area contributed by atoms with Gasteiger partial charge in [0.05, 0.1) is 25.0 Å². The molecular weight excluding hydrogens is 213 g/mol. The average Bonchev–Trinajstić information content (AvgIpc) is 2.50. The zero-order chi connectivity index (χ0) is 11.5. The highest BCUT2D eigenvalue weighted by Crippen LogP contribution is 2.15. The maximum atomic E-state index is 11.6. The average molecular weight is 224 g/mol. The van der Waals surface area contributed by atoms with Crippen molar-refractivity contribution < 1.29 is 17.9 Å². The van der Waals surface area contributed by atoms with Crippen LogP contribution in [0.15, 0.2) is 6.20 Å². The molecule has 15 heavy (non-hydrogen) atoms. The van der Waals surface area contributed by atoms with Crippen molar-refractivity contribution in [2.24, 2.45) is 5.73 Å². The summed E-state index contributed by atoms with van der Waals surface area (Å²) in [5.41, 5.74) is 6.03. The van der Waals surface area contributed by atoms with Crippen molar-refractivity contribution in [2.45, 2.75) is 25.9 Å². The van der Waals surface area contributed by atoms with Gasteiger partial charge in [-0.25, -0.2) is 4.68 Å². The molecule has 0 spiro atoms. The van der Waals surface area contributed by atoms with Crippen LogP contribution in [-0.2, 0) is 11.3 Å². The second kappa shape index (κ2) is 4.58. The Balaban J connectivity index is 2.38. The van der Waals surface area contributed by atoms with E-state index in [1.165, 1.54) is 10.9 Å². The Bertz CT molecular complexity index is 309. The Labute approximate surface area is 84.0 Å². The van der Waals surface area contributed by atoms with Gasteiger partial charge in [0.25, 0.3) is 0 Å². The standard InChI is InChI=1S/C7H11F3N4O/c1-5(11)6-4-14(13-12-6)2-3-15-7(8,9)10/h4-5H,2-3,11H2,1H3. The molecule has 0 saturated carbocycles. The topological polar surface area (TPSA) is 66.0 Å². The van der Waals surface area contributed by atoms with Gasteiger partial charge in [0.15, 0.2) is 0 Å². The molecule has 0 aliphatic rings. The Morgan fingerprint density at radius 1 is 1.60 bits per heavy atom. The Hall–Kier alpha value is -1.15. The molecule has 1 unspecified atom stereocenters. The van der Waals surface area contributed by atoms with Crippen molar-refractivity contribution in [1.82, 2.24) is 15.0 Å². The van der Waals surface area contributed by atoms with Crippen LogP contribution in [0.2, 0.25) is 0 Å². The molecule has 0 saturated heterocycles. The van der Waals surface area contributed by atoms with Crippen LogP contribution in [0.1, 0.15) is 18.7 Å². The number of nitrogens with two attached hydrogens (primary N) is 1. The number of nitrogens with zero attached hydrogens (tertiary/aromatic N) is 3. The van der Waals surface area contributed by atoms with Crippen LogP contribution in [0.25, 0.3) is 0 Å². The van der Waals surface area contributed by atoms with Crippen LogP contribution in [0.5, 0.6) is 0 Å². The summed E-state index contributed by atoms with van der Waals surface area (Å²) in [4.78, 5) is 0. The fourth-order valence-corrected chi connectivity index (χ4v) is 0.886. The maximum Gasteiger partial charge on any atom is 0.522 e. The molecule has 0 fully saturated rings. The van der Waals surface area contributed by atoms with Crippen LogP contribution in [0.4, 0.5) is 13.2 Å². The number of hydrogen-bond donors (Lipinski definition) is 1. The molecule has 86 valence electrons. The van der Waals surface area contributed by atoms with Gasteiger partial charge in [0.1, 0.15) is 0 Å². The van der Waals surface area contributed by atoms with E-state index in [1.54, 1.807) is 6.92 Å². The lowest BCUT2D eigenvalue weighted by molar-refractivity contribution is -0.325. The largest absolute Gasteiger partial charge is 0.522 e. The van der Waals surface area contributed by atoms with E-state index in [4.69, 9.17) is 5.73 Å². The third kappa shape index (κ3) is 4.26. The molecule has 8 heteroatoms. The lowest BCUT2D eigenvalue weighted by atomic mass is 10.3. The Morgan fingerprint density at radius 2 is 2.27 bits per heavy atom. The number of alkyl halides is 3. The first-order valence-corrected chi connectivity index (χ1v) is 4.25. The number of aromatic nitrogens is 3. The summed E-state index contributed by atoms with van der Waals surface area (Å²) < 4.78 is 39.7. The van der Waals surface area contributed by atoms with Crippen LogP contribution >= 0.6 is 0 Å². The predicted octanol–water partition coefficient (Wildman–Crippen LogP) is 0.834. The molecule has 0 bridgehead atoms. The maximum absolute atomic E-state index is 11.6. The fourth-order valence-electron chi connectivity index (χ4n) is 0.886. The lowest BCUT2D eigenvalue weighted by Gasteiger charge is -2.06. The van der Waals surface area contributed by atoms with Gasteiger partial charge in [-0.2, -0.15) is 0 Å². The molecule has 5 nitrogen and oxygen atoms in total. The first-order chi connectivity index (χ1) is 6.88. The van der Waals surface area contributed by atoms with E-state index in [1.807, 2.05) is 0 Å². The molecule has 0 amide bonds. The van der Waals surface area contributed by atoms with Crippen LogP contribution in [0.3, 0.4) is 0 Å². The summed E-state index contributed by atoms with van der Waals surface area (Å²) in [6.07, 6.45) is -3.12. The van der Waals surface area contributed by atoms with E-state index >= 15 is 0 Å². The number of halogens is 3. The van der Waals surface area contributed by atoms with Crippen molar-refractivity contribution in [2.75, 3.05) is 6.61 Å². The zero-order valence-corrected chi connectivity index (χ0v) is 8.03. The highest BCUT2D eigenvalue weighted by Gasteiger charge is 2.28. The highest BCUT2D eigenvalue weighted by atomic mass is 19.4. The predicted molar refractivity (Wildman–Crippen MR) is 44.6 cm³/mol. The molecule has 0 radical (unpaired) electrons. The van der Waals surface area contributed by atoms with Gasteiger partial charge in [-0.1, -0.05) is 5.21 Å². The number of rotatable bonds is 4. The monoisotopic (exact) mass is 224 g/mol. The van der Waals surface area contributed by atoms with Gasteiger partial charge in [-0.15, -0.1) is 18.3 Å². The van der Waals surface area contributed by atoms with Crippen LogP contribution in [-0.4, -0.2) is 28.0 Å². The Morgan fingerprint density at radius 3 is 2.73 bits per heavy atom. The summed E-state index contributed by atoms with van der Waals surface area (Å²) in [5, 5.41) is 7.28. The van der Waals surface area contributed by atoms with Gasteiger partial charge in [-0.05, 0) is 6.92 Å². The van der Waals surface area contributed by atoms with Gasteiger partial charge < -0.3 is 5.73 Å². The second-order valence-corrected chi connectivity index (χ2v) is 2.99. The van der Waals surface area contributed by atoms with E-state index in [-0.39, 0.29) is 12.6 Å². The molecule has 0 aromatic carbocycles. The zero-order valence-electron chi connectivity index (χ0n) is 8.03. The summed E-state index contributed by atoms with van der Waals surface area (Å²) in [7, 11) is 0. The summed E-state index contributed by atoms with van der Waals surface area (Å²) in [6.45, 7) is 1.20. The minimum Gasteiger partial charge on any atom is -0.323 e. The smallest absolute Gasteiger partial charge is 0.323 e. The third-order valence-electron chi connectivity index (χ3n) is 1.61. The van der Waals surface area contributed by atoms with Gasteiger partial charge in [0.2, 0.25) is 0 Å². The van der Waals surface area contributed by atoms with E-state index in [2.05, 4.69) is 15.0 Å². The van der Waals surface area contributed by atoms with Crippen molar-refractivity contribution in [1.29, 1.82) is 0 Å². The fraction of sp³-hybridized carbons (Fsp3) is 0.714. The summed E-state index contributed by atoms with van der Waals surface area (Å²) in [5.74, 6) is 0. The van der Waals surface area contributed by atoms with Crippen molar-refractivity contribution in [3.05, 3.63) is 11.9 Å². The molecule has 0 aliphatic heterocycles. The minimum atomic E-state index is -4.61. The van der Waals surface area contributed by atoms with Crippen molar-refractivity contribution >= 4 is 0 Å². The van der Waals surface area contributed by atoms with Crippen LogP contribution in [0, 0.1) is 0 Å². The lowest BCUT2D eigenvalue weighted by Crippen LogP contribution is -2.17. The molecule has 1 heterocycles. The molecular formula is C7H11F3N4O. The SMILES string of the molecule is CC(N)c1cn(CCOC(F)(F)F)nn1. The van der Waals surface area contributed by atoms with Crippen molar-refractivity contribution in [3.63, 3.8) is 0 Å². The molecule has 0 aliphatic carbocycles. The molecule has 1 aromatic rings. The Kier molecular flexibility index (Phi) is 3.64. The highest BCUT2D eigenvalue weighted by molar-refractivity contribution is 4.97.